The molecule has 0 saturated heterocycles. The summed E-state index contributed by atoms with van der Waals surface area (Å²) in [4.78, 5) is 27.8. The second kappa shape index (κ2) is 7.03. The van der Waals surface area contributed by atoms with Crippen molar-refractivity contribution in [2.75, 3.05) is 18.5 Å². The Balaban J connectivity index is 2.91. The third kappa shape index (κ3) is 5.03. The lowest BCUT2D eigenvalue weighted by Crippen LogP contribution is -2.37. The van der Waals surface area contributed by atoms with Crippen LogP contribution in [0.2, 0.25) is 0 Å². The van der Waals surface area contributed by atoms with Crippen molar-refractivity contribution in [3.8, 4) is 0 Å². The standard InChI is InChI=1S/C14H23N5O2/c1-5-16-12(20)8-17-13(21)9-6-10(14(2,3)4)18-11(7-9)19-15/h6-7H,5,8,15H2,1-4H3,(H,16,20)(H,17,21)(H,18,19). The summed E-state index contributed by atoms with van der Waals surface area (Å²) >= 11 is 0. The van der Waals surface area contributed by atoms with E-state index >= 15 is 0 Å². The van der Waals surface area contributed by atoms with E-state index in [1.807, 2.05) is 27.7 Å². The number of anilines is 1. The van der Waals surface area contributed by atoms with Crippen LogP contribution >= 0.6 is 0 Å². The van der Waals surface area contributed by atoms with E-state index in [0.29, 0.717) is 17.9 Å². The molecule has 5 N–H and O–H groups in total. The van der Waals surface area contributed by atoms with Gasteiger partial charge in [-0.3, -0.25) is 9.59 Å². The number of likely N-dealkylation sites (N-methyl/N-ethyl adjacent to an activating group) is 1. The van der Waals surface area contributed by atoms with Crippen LogP contribution in [0.15, 0.2) is 12.1 Å². The highest BCUT2D eigenvalue weighted by molar-refractivity contribution is 5.97. The summed E-state index contributed by atoms with van der Waals surface area (Å²) in [5, 5.41) is 5.18. The fourth-order valence-corrected chi connectivity index (χ4v) is 1.64. The molecule has 0 unspecified atom stereocenters. The Morgan fingerprint density at radius 1 is 1.24 bits per heavy atom. The summed E-state index contributed by atoms with van der Waals surface area (Å²) in [5.41, 5.74) is 3.38. The fraction of sp³-hybridized carbons (Fsp3) is 0.500. The zero-order valence-corrected chi connectivity index (χ0v) is 12.9. The first-order valence-corrected chi connectivity index (χ1v) is 6.82. The predicted molar refractivity (Wildman–Crippen MR) is 81.8 cm³/mol. The molecule has 0 aliphatic rings. The first-order chi connectivity index (χ1) is 9.77. The van der Waals surface area contributed by atoms with E-state index in [9.17, 15) is 9.59 Å². The molecular weight excluding hydrogens is 270 g/mol. The van der Waals surface area contributed by atoms with Crippen LogP contribution in [-0.4, -0.2) is 29.9 Å². The number of carbonyl (C=O) groups excluding carboxylic acids is 2. The van der Waals surface area contributed by atoms with Gasteiger partial charge in [0.2, 0.25) is 5.91 Å². The van der Waals surface area contributed by atoms with Gasteiger partial charge < -0.3 is 16.1 Å². The van der Waals surface area contributed by atoms with Crippen LogP contribution in [0.5, 0.6) is 0 Å². The first kappa shape index (κ1) is 16.9. The Labute approximate surface area is 124 Å². The largest absolute Gasteiger partial charge is 0.355 e. The molecule has 2 amide bonds. The number of rotatable bonds is 5. The number of aromatic nitrogens is 1. The molecule has 1 heterocycles. The maximum atomic E-state index is 12.1. The Morgan fingerprint density at radius 2 is 1.90 bits per heavy atom. The molecule has 0 aromatic carbocycles. The normalized spacial score (nSPS) is 10.9. The number of nitrogens with two attached hydrogens (primary N) is 1. The number of nitrogen functional groups attached to an aromatic ring is 1. The van der Waals surface area contributed by atoms with Crippen molar-refractivity contribution in [2.45, 2.75) is 33.1 Å². The Hall–Kier alpha value is -2.15. The molecule has 0 aliphatic carbocycles. The van der Waals surface area contributed by atoms with Gasteiger partial charge >= 0.3 is 0 Å². The summed E-state index contributed by atoms with van der Waals surface area (Å²) in [7, 11) is 0. The topological polar surface area (TPSA) is 109 Å². The molecule has 0 atom stereocenters. The van der Waals surface area contributed by atoms with Gasteiger partial charge in [-0.25, -0.2) is 10.8 Å². The van der Waals surface area contributed by atoms with Crippen molar-refractivity contribution in [3.05, 3.63) is 23.4 Å². The highest BCUT2D eigenvalue weighted by Crippen LogP contribution is 2.23. The second-order valence-electron chi connectivity index (χ2n) is 5.66. The third-order valence-corrected chi connectivity index (χ3v) is 2.79. The lowest BCUT2D eigenvalue weighted by atomic mass is 9.90. The van der Waals surface area contributed by atoms with Crippen molar-refractivity contribution in [2.24, 2.45) is 5.84 Å². The molecule has 1 aromatic rings. The number of pyridine rings is 1. The number of carbonyl (C=O) groups is 2. The van der Waals surface area contributed by atoms with E-state index in [-0.39, 0.29) is 23.8 Å². The van der Waals surface area contributed by atoms with Crippen molar-refractivity contribution in [3.63, 3.8) is 0 Å². The maximum absolute atomic E-state index is 12.1. The summed E-state index contributed by atoms with van der Waals surface area (Å²) in [5.74, 6) is 5.22. The summed E-state index contributed by atoms with van der Waals surface area (Å²) in [6.45, 7) is 8.26. The van der Waals surface area contributed by atoms with Crippen molar-refractivity contribution < 1.29 is 9.59 Å². The van der Waals surface area contributed by atoms with E-state index in [4.69, 9.17) is 5.84 Å². The number of nitrogens with one attached hydrogen (secondary N) is 3. The SMILES string of the molecule is CCNC(=O)CNC(=O)c1cc(NN)nc(C(C)(C)C)c1. The van der Waals surface area contributed by atoms with Gasteiger partial charge in [-0.2, -0.15) is 0 Å². The second-order valence-corrected chi connectivity index (χ2v) is 5.66. The molecule has 1 aromatic heterocycles. The molecule has 1 rings (SSSR count). The predicted octanol–water partition coefficient (Wildman–Crippen LogP) is 0.531. The molecule has 0 aliphatic heterocycles. The van der Waals surface area contributed by atoms with Gasteiger partial charge in [-0.05, 0) is 19.1 Å². The molecule has 0 radical (unpaired) electrons. The zero-order valence-electron chi connectivity index (χ0n) is 12.9. The minimum atomic E-state index is -0.342. The lowest BCUT2D eigenvalue weighted by molar-refractivity contribution is -0.120. The van der Waals surface area contributed by atoms with E-state index in [2.05, 4.69) is 21.0 Å². The molecule has 7 heteroatoms. The van der Waals surface area contributed by atoms with E-state index in [1.54, 1.807) is 12.1 Å². The van der Waals surface area contributed by atoms with E-state index in [1.165, 1.54) is 0 Å². The first-order valence-electron chi connectivity index (χ1n) is 6.82. The Bertz CT molecular complexity index is 523. The zero-order chi connectivity index (χ0) is 16.0. The third-order valence-electron chi connectivity index (χ3n) is 2.79. The average Bonchev–Trinajstić information content (AvgIpc) is 2.43. The smallest absolute Gasteiger partial charge is 0.251 e. The molecule has 7 nitrogen and oxygen atoms in total. The Kier molecular flexibility index (Phi) is 5.66. The van der Waals surface area contributed by atoms with Crippen LogP contribution in [0.1, 0.15) is 43.7 Å². The van der Waals surface area contributed by atoms with Crippen LogP contribution in [0.25, 0.3) is 0 Å². The van der Waals surface area contributed by atoms with Gasteiger partial charge in [0.25, 0.3) is 5.91 Å². The number of hydrogen-bond acceptors (Lipinski definition) is 5. The maximum Gasteiger partial charge on any atom is 0.251 e. The van der Waals surface area contributed by atoms with E-state index in [0.717, 1.165) is 5.69 Å². The molecular formula is C14H23N5O2. The summed E-state index contributed by atoms with van der Waals surface area (Å²) in [6, 6.07) is 3.25. The van der Waals surface area contributed by atoms with Gasteiger partial charge in [0.05, 0.1) is 6.54 Å². The summed E-state index contributed by atoms with van der Waals surface area (Å²) < 4.78 is 0. The van der Waals surface area contributed by atoms with Crippen LogP contribution in [0, 0.1) is 0 Å². The molecule has 0 bridgehead atoms. The highest BCUT2D eigenvalue weighted by Gasteiger charge is 2.19. The van der Waals surface area contributed by atoms with Gasteiger partial charge in [-0.1, -0.05) is 20.8 Å². The summed E-state index contributed by atoms with van der Waals surface area (Å²) in [6.07, 6.45) is 0. The monoisotopic (exact) mass is 293 g/mol. The van der Waals surface area contributed by atoms with Crippen LogP contribution in [-0.2, 0) is 10.2 Å². The number of nitrogens with zero attached hydrogens (tertiary/aromatic N) is 1. The van der Waals surface area contributed by atoms with Gasteiger partial charge in [0.15, 0.2) is 0 Å². The number of hydrazine groups is 1. The quantitative estimate of drug-likeness (QED) is 0.468. The molecule has 0 saturated carbocycles. The van der Waals surface area contributed by atoms with Crippen molar-refractivity contribution >= 4 is 17.6 Å². The van der Waals surface area contributed by atoms with Crippen LogP contribution in [0.3, 0.4) is 0 Å². The minimum absolute atomic E-state index is 0.0643. The van der Waals surface area contributed by atoms with Crippen molar-refractivity contribution in [1.82, 2.24) is 15.6 Å². The number of hydrogen-bond donors (Lipinski definition) is 4. The van der Waals surface area contributed by atoms with E-state index < -0.39 is 0 Å². The average molecular weight is 293 g/mol. The van der Waals surface area contributed by atoms with Gasteiger partial charge in [0.1, 0.15) is 5.82 Å². The van der Waals surface area contributed by atoms with Crippen LogP contribution in [0.4, 0.5) is 5.82 Å². The van der Waals surface area contributed by atoms with Crippen molar-refractivity contribution in [1.29, 1.82) is 0 Å². The lowest BCUT2D eigenvalue weighted by Gasteiger charge is -2.19. The fourth-order valence-electron chi connectivity index (χ4n) is 1.64. The Morgan fingerprint density at radius 3 is 2.43 bits per heavy atom. The van der Waals surface area contributed by atoms with Crippen LogP contribution < -0.4 is 21.9 Å². The number of amides is 2. The molecule has 21 heavy (non-hydrogen) atoms. The molecule has 0 fully saturated rings. The minimum Gasteiger partial charge on any atom is -0.355 e. The molecule has 0 spiro atoms. The highest BCUT2D eigenvalue weighted by atomic mass is 16.2. The van der Waals surface area contributed by atoms with Gasteiger partial charge in [0, 0.05) is 23.2 Å². The van der Waals surface area contributed by atoms with Gasteiger partial charge in [-0.15, -0.1) is 0 Å². The molecule has 116 valence electrons.